The van der Waals surface area contributed by atoms with Gasteiger partial charge in [0.15, 0.2) is 17.5 Å². The third kappa shape index (κ3) is 5.76. The van der Waals surface area contributed by atoms with Gasteiger partial charge in [-0.15, -0.1) is 0 Å². The van der Waals surface area contributed by atoms with Crippen LogP contribution in [0.3, 0.4) is 0 Å². The summed E-state index contributed by atoms with van der Waals surface area (Å²) in [6.07, 6.45) is 0.724. The summed E-state index contributed by atoms with van der Waals surface area (Å²) in [5.74, 6) is -4.18. The lowest BCUT2D eigenvalue weighted by Gasteiger charge is -2.32. The monoisotopic (exact) mass is 413 g/mol. The van der Waals surface area contributed by atoms with Gasteiger partial charge in [-0.3, -0.25) is 0 Å². The van der Waals surface area contributed by atoms with Gasteiger partial charge < -0.3 is 19.4 Å². The highest BCUT2D eigenvalue weighted by molar-refractivity contribution is 6.56. The highest BCUT2D eigenvalue weighted by Crippen LogP contribution is 2.38. The molecule has 9 heteroatoms. The molecule has 1 heterocycles. The highest BCUT2D eigenvalue weighted by Gasteiger charge is 2.52. The summed E-state index contributed by atoms with van der Waals surface area (Å²) in [4.78, 5) is 12.0. The van der Waals surface area contributed by atoms with Crippen molar-refractivity contribution in [2.75, 3.05) is 6.54 Å². The lowest BCUT2D eigenvalue weighted by atomic mass is 9.77. The first kappa shape index (κ1) is 23.3. The zero-order chi connectivity index (χ0) is 22.2. The Labute approximate surface area is 169 Å². The molecule has 1 aliphatic rings. The number of amides is 1. The fourth-order valence-corrected chi connectivity index (χ4v) is 2.56. The Balaban J connectivity index is 2.32. The van der Waals surface area contributed by atoms with Gasteiger partial charge in [0.05, 0.1) is 11.2 Å². The smallest absolute Gasteiger partial charge is 0.444 e. The second-order valence-electron chi connectivity index (χ2n) is 8.96. The van der Waals surface area contributed by atoms with Crippen LogP contribution in [0.25, 0.3) is 6.08 Å². The van der Waals surface area contributed by atoms with Gasteiger partial charge in [-0.05, 0) is 71.6 Å². The van der Waals surface area contributed by atoms with E-state index in [1.54, 1.807) is 20.8 Å². The third-order valence-corrected chi connectivity index (χ3v) is 4.75. The zero-order valence-electron chi connectivity index (χ0n) is 17.8. The molecule has 0 atom stereocenters. The quantitative estimate of drug-likeness (QED) is 0.577. The summed E-state index contributed by atoms with van der Waals surface area (Å²) in [7, 11) is -0.883. The molecule has 1 N–H and O–H groups in total. The van der Waals surface area contributed by atoms with E-state index in [1.807, 2.05) is 27.7 Å². The van der Waals surface area contributed by atoms with Crippen LogP contribution >= 0.6 is 0 Å². The summed E-state index contributed by atoms with van der Waals surface area (Å²) in [5, 5.41) is 2.58. The normalized spacial score (nSPS) is 18.7. The maximum Gasteiger partial charge on any atom is 0.492 e. The molecular weight excluding hydrogens is 386 g/mol. The number of nitrogens with one attached hydrogen (secondary N) is 1. The Hall–Kier alpha value is -2.00. The number of ether oxygens (including phenoxy) is 1. The van der Waals surface area contributed by atoms with Crippen LogP contribution in [0.4, 0.5) is 18.0 Å². The standard InChI is InChI=1S/C20H27BF3NO4/c1-18(2,3)27-17(26)25-11-13(21-28-19(4,5)20(6,7)29-21)8-12-9-14(22)16(24)15(23)10-12/h8-10H,11H2,1-7H3,(H,25,26). The lowest BCUT2D eigenvalue weighted by Crippen LogP contribution is -2.41. The molecule has 0 aromatic heterocycles. The van der Waals surface area contributed by atoms with Gasteiger partial charge >= 0.3 is 13.2 Å². The summed E-state index contributed by atoms with van der Waals surface area (Å²) >= 11 is 0. The van der Waals surface area contributed by atoms with E-state index in [1.165, 1.54) is 6.08 Å². The van der Waals surface area contributed by atoms with Gasteiger partial charge in [-0.25, -0.2) is 18.0 Å². The van der Waals surface area contributed by atoms with E-state index in [2.05, 4.69) is 5.32 Å². The largest absolute Gasteiger partial charge is 0.492 e. The summed E-state index contributed by atoms with van der Waals surface area (Å²) < 4.78 is 57.7. The second kappa shape index (κ2) is 8.03. The highest BCUT2D eigenvalue weighted by atomic mass is 19.2. The van der Waals surface area contributed by atoms with Crippen molar-refractivity contribution in [3.8, 4) is 0 Å². The van der Waals surface area contributed by atoms with E-state index in [0.29, 0.717) is 5.47 Å². The Morgan fingerprint density at radius 2 is 1.59 bits per heavy atom. The van der Waals surface area contributed by atoms with Crippen LogP contribution in [-0.4, -0.2) is 36.6 Å². The topological polar surface area (TPSA) is 56.8 Å². The zero-order valence-corrected chi connectivity index (χ0v) is 17.8. The SMILES string of the molecule is CC(C)(C)OC(=O)NCC(=Cc1cc(F)c(F)c(F)c1)B1OC(C)(C)C(C)(C)O1. The fourth-order valence-electron chi connectivity index (χ4n) is 2.56. The molecule has 1 aromatic rings. The maximum absolute atomic E-state index is 13.6. The summed E-state index contributed by atoms with van der Waals surface area (Å²) in [6.45, 7) is 12.5. The predicted octanol–water partition coefficient (Wildman–Crippen LogP) is 4.64. The summed E-state index contributed by atoms with van der Waals surface area (Å²) in [6, 6.07) is 1.72. The lowest BCUT2D eigenvalue weighted by molar-refractivity contribution is 0.00578. The fraction of sp³-hybridized carbons (Fsp3) is 0.550. The van der Waals surface area contributed by atoms with Crippen LogP contribution < -0.4 is 5.32 Å². The van der Waals surface area contributed by atoms with Crippen LogP contribution in [-0.2, 0) is 14.0 Å². The molecule has 0 saturated carbocycles. The minimum Gasteiger partial charge on any atom is -0.444 e. The first-order valence-electron chi connectivity index (χ1n) is 9.29. The molecule has 0 unspecified atom stereocenters. The number of carbonyl (C=O) groups is 1. The van der Waals surface area contributed by atoms with Crippen molar-refractivity contribution in [2.45, 2.75) is 65.3 Å². The Bertz CT molecular complexity index is 779. The molecule has 160 valence electrons. The van der Waals surface area contributed by atoms with Crippen LogP contribution in [0.1, 0.15) is 54.0 Å². The van der Waals surface area contributed by atoms with Crippen molar-refractivity contribution in [2.24, 2.45) is 0 Å². The van der Waals surface area contributed by atoms with Gasteiger partial charge in [-0.1, -0.05) is 6.08 Å². The molecule has 2 rings (SSSR count). The van der Waals surface area contributed by atoms with Gasteiger partial charge in [0.1, 0.15) is 5.60 Å². The number of hydrogen-bond acceptors (Lipinski definition) is 4. The Morgan fingerprint density at radius 1 is 1.10 bits per heavy atom. The van der Waals surface area contributed by atoms with Gasteiger partial charge in [-0.2, -0.15) is 0 Å². The van der Waals surface area contributed by atoms with E-state index in [0.717, 1.165) is 12.1 Å². The van der Waals surface area contributed by atoms with Crippen molar-refractivity contribution in [1.29, 1.82) is 0 Å². The Kier molecular flexibility index (Phi) is 6.45. The van der Waals surface area contributed by atoms with E-state index >= 15 is 0 Å². The molecule has 1 aliphatic heterocycles. The van der Waals surface area contributed by atoms with Gasteiger partial charge in [0.25, 0.3) is 0 Å². The molecule has 1 amide bonds. The van der Waals surface area contributed by atoms with Crippen molar-refractivity contribution < 1.29 is 32.0 Å². The molecule has 0 bridgehead atoms. The van der Waals surface area contributed by atoms with Gasteiger partial charge in [0, 0.05) is 6.54 Å². The van der Waals surface area contributed by atoms with E-state index in [9.17, 15) is 18.0 Å². The van der Waals surface area contributed by atoms with E-state index in [-0.39, 0.29) is 12.1 Å². The van der Waals surface area contributed by atoms with Crippen LogP contribution in [0.2, 0.25) is 0 Å². The number of carbonyl (C=O) groups excluding carboxylic acids is 1. The number of rotatable bonds is 4. The molecule has 1 fully saturated rings. The maximum atomic E-state index is 13.6. The van der Waals surface area contributed by atoms with Crippen molar-refractivity contribution in [3.63, 3.8) is 0 Å². The van der Waals surface area contributed by atoms with E-state index < -0.39 is 47.5 Å². The Morgan fingerprint density at radius 3 is 2.03 bits per heavy atom. The first-order chi connectivity index (χ1) is 13.1. The predicted molar refractivity (Wildman–Crippen MR) is 105 cm³/mol. The van der Waals surface area contributed by atoms with Crippen LogP contribution in [0.5, 0.6) is 0 Å². The number of hydrogen-bond donors (Lipinski definition) is 1. The average Bonchev–Trinajstić information content (AvgIpc) is 2.75. The number of halogens is 3. The minimum atomic E-state index is -1.55. The minimum absolute atomic E-state index is 0.0631. The number of alkyl carbamates (subject to hydrolysis) is 1. The van der Waals surface area contributed by atoms with Crippen LogP contribution in [0.15, 0.2) is 17.6 Å². The first-order valence-corrected chi connectivity index (χ1v) is 9.29. The molecule has 29 heavy (non-hydrogen) atoms. The molecule has 5 nitrogen and oxygen atoms in total. The molecular formula is C20H27BF3NO4. The molecule has 1 aromatic carbocycles. The average molecular weight is 413 g/mol. The molecule has 0 aliphatic carbocycles. The van der Waals surface area contributed by atoms with E-state index in [4.69, 9.17) is 14.0 Å². The van der Waals surface area contributed by atoms with Crippen LogP contribution in [0, 0.1) is 17.5 Å². The van der Waals surface area contributed by atoms with Crippen molar-refractivity contribution >= 4 is 19.3 Å². The summed E-state index contributed by atoms with van der Waals surface area (Å²) in [5.41, 5.74) is -1.57. The molecule has 0 radical (unpaired) electrons. The third-order valence-electron chi connectivity index (χ3n) is 4.75. The van der Waals surface area contributed by atoms with Gasteiger partial charge in [0.2, 0.25) is 0 Å². The number of benzene rings is 1. The second-order valence-corrected chi connectivity index (χ2v) is 8.96. The van der Waals surface area contributed by atoms with Crippen molar-refractivity contribution in [1.82, 2.24) is 5.32 Å². The molecule has 1 saturated heterocycles. The van der Waals surface area contributed by atoms with Crippen molar-refractivity contribution in [3.05, 3.63) is 40.6 Å². The molecule has 0 spiro atoms.